The van der Waals surface area contributed by atoms with Gasteiger partial charge in [0.05, 0.1) is 11.1 Å². The maximum absolute atomic E-state index is 12.6. The Kier molecular flexibility index (Phi) is 5.68. The summed E-state index contributed by atoms with van der Waals surface area (Å²) < 4.78 is 0. The second-order valence-electron chi connectivity index (χ2n) is 6.83. The average molecular weight is 429 g/mol. The van der Waals surface area contributed by atoms with Gasteiger partial charge in [0, 0.05) is 35.9 Å². The van der Waals surface area contributed by atoms with E-state index in [4.69, 9.17) is 0 Å². The van der Waals surface area contributed by atoms with Gasteiger partial charge in [-0.2, -0.15) is 0 Å². The number of nitrogens with one attached hydrogen (secondary N) is 1. The third-order valence-corrected chi connectivity index (χ3v) is 6.75. The molecule has 3 heterocycles. The number of carbonyl (C=O) groups excluding carboxylic acids is 2. The number of likely N-dealkylation sites (tertiary alicyclic amines) is 1. The molecule has 0 saturated carbocycles. The van der Waals surface area contributed by atoms with Crippen LogP contribution in [0.4, 0.5) is 0 Å². The molecule has 0 spiro atoms. The molecule has 1 amide bonds. The Morgan fingerprint density at radius 2 is 1.97 bits per heavy atom. The maximum atomic E-state index is 12.6. The lowest BCUT2D eigenvalue weighted by Gasteiger charge is -2.32. The number of amides is 1. The van der Waals surface area contributed by atoms with Crippen LogP contribution in [0.3, 0.4) is 0 Å². The van der Waals surface area contributed by atoms with Gasteiger partial charge in [0.1, 0.15) is 4.83 Å². The Morgan fingerprint density at radius 1 is 1.24 bits per heavy atom. The molecule has 1 fully saturated rings. The molecule has 0 bridgehead atoms. The number of aromatic amines is 1. The molecule has 1 N–H and O–H groups in total. The molecular weight excluding hydrogens is 410 g/mol. The van der Waals surface area contributed by atoms with Gasteiger partial charge in [-0.3, -0.25) is 9.59 Å². The van der Waals surface area contributed by atoms with E-state index in [-0.39, 0.29) is 17.2 Å². The first-order valence-electron chi connectivity index (χ1n) is 9.21. The first kappa shape index (κ1) is 19.7. The minimum Gasteiger partial charge on any atom is -0.550 e. The number of fused-ring (bicyclic) bond motifs is 1. The number of benzene rings is 1. The van der Waals surface area contributed by atoms with Crippen molar-refractivity contribution in [1.82, 2.24) is 14.9 Å². The number of thiophene rings is 1. The molecule has 7 nitrogen and oxygen atoms in total. The van der Waals surface area contributed by atoms with Crippen LogP contribution in [-0.4, -0.2) is 45.6 Å². The van der Waals surface area contributed by atoms with E-state index in [1.807, 2.05) is 35.7 Å². The van der Waals surface area contributed by atoms with E-state index in [0.29, 0.717) is 41.3 Å². The third-order valence-electron chi connectivity index (χ3n) is 5.02. The van der Waals surface area contributed by atoms with Crippen molar-refractivity contribution >= 4 is 45.2 Å². The van der Waals surface area contributed by atoms with Gasteiger partial charge in [0.2, 0.25) is 5.91 Å². The Balaban J connectivity index is 1.45. The molecule has 2 aromatic heterocycles. The van der Waals surface area contributed by atoms with E-state index in [9.17, 15) is 19.5 Å². The summed E-state index contributed by atoms with van der Waals surface area (Å²) in [6.07, 6.45) is 0.828. The monoisotopic (exact) mass is 428 g/mol. The number of nitrogens with zero attached hydrogens (tertiary/aromatic N) is 2. The lowest BCUT2D eigenvalue weighted by Crippen LogP contribution is -2.44. The summed E-state index contributed by atoms with van der Waals surface area (Å²) >= 11 is 2.58. The van der Waals surface area contributed by atoms with Crippen molar-refractivity contribution in [3.63, 3.8) is 0 Å². The highest BCUT2D eigenvalue weighted by molar-refractivity contribution is 7.99. The number of hydrogen-bond donors (Lipinski definition) is 1. The highest BCUT2D eigenvalue weighted by atomic mass is 32.2. The molecule has 3 aromatic rings. The molecule has 0 radical (unpaired) electrons. The first-order chi connectivity index (χ1) is 14.0. The van der Waals surface area contributed by atoms with Crippen molar-refractivity contribution in [2.24, 2.45) is 5.92 Å². The standard InChI is InChI=1S/C20H19N3O4S2/c24-15(23-8-6-13(7-9-23)19(26)27)11-29-20-21-17(25)16-14(10-28-18(16)22-20)12-4-2-1-3-5-12/h1-5,10,13H,6-9,11H2,(H,26,27)(H,21,22,25)/p-1. The summed E-state index contributed by atoms with van der Waals surface area (Å²) in [5.41, 5.74) is 1.59. The highest BCUT2D eigenvalue weighted by Crippen LogP contribution is 2.31. The number of hydrogen-bond acceptors (Lipinski definition) is 7. The molecule has 1 saturated heterocycles. The van der Waals surface area contributed by atoms with E-state index in [2.05, 4.69) is 9.97 Å². The van der Waals surface area contributed by atoms with Crippen LogP contribution in [0.25, 0.3) is 21.3 Å². The maximum Gasteiger partial charge on any atom is 0.260 e. The molecule has 9 heteroatoms. The van der Waals surface area contributed by atoms with Crippen LogP contribution in [0.1, 0.15) is 12.8 Å². The number of carboxylic acid groups (broad SMARTS) is 1. The normalized spacial score (nSPS) is 15.0. The smallest absolute Gasteiger partial charge is 0.260 e. The van der Waals surface area contributed by atoms with Gasteiger partial charge in [-0.05, 0) is 18.4 Å². The number of carbonyl (C=O) groups is 2. The van der Waals surface area contributed by atoms with Crippen LogP contribution in [-0.2, 0) is 9.59 Å². The zero-order chi connectivity index (χ0) is 20.4. The zero-order valence-corrected chi connectivity index (χ0v) is 17.1. The van der Waals surface area contributed by atoms with Crippen molar-refractivity contribution in [2.75, 3.05) is 18.8 Å². The Bertz CT molecular complexity index is 1100. The van der Waals surface area contributed by atoms with Crippen LogP contribution >= 0.6 is 23.1 Å². The summed E-state index contributed by atoms with van der Waals surface area (Å²) in [5.74, 6) is -1.48. The zero-order valence-electron chi connectivity index (χ0n) is 15.4. The van der Waals surface area contributed by atoms with Crippen molar-refractivity contribution in [1.29, 1.82) is 0 Å². The molecule has 1 aliphatic rings. The van der Waals surface area contributed by atoms with E-state index in [1.165, 1.54) is 23.1 Å². The molecule has 0 atom stereocenters. The molecule has 29 heavy (non-hydrogen) atoms. The number of aromatic nitrogens is 2. The van der Waals surface area contributed by atoms with E-state index in [0.717, 1.165) is 11.1 Å². The number of rotatable bonds is 5. The Labute approximate surface area is 174 Å². The summed E-state index contributed by atoms with van der Waals surface area (Å²) in [5, 5.41) is 13.8. The molecule has 150 valence electrons. The quantitative estimate of drug-likeness (QED) is 0.490. The van der Waals surface area contributed by atoms with Gasteiger partial charge in [-0.15, -0.1) is 11.3 Å². The van der Waals surface area contributed by atoms with Crippen molar-refractivity contribution in [3.05, 3.63) is 46.1 Å². The Morgan fingerprint density at radius 3 is 2.66 bits per heavy atom. The van der Waals surface area contributed by atoms with E-state index >= 15 is 0 Å². The highest BCUT2D eigenvalue weighted by Gasteiger charge is 2.23. The molecule has 0 unspecified atom stereocenters. The van der Waals surface area contributed by atoms with Crippen LogP contribution in [0, 0.1) is 5.92 Å². The molecule has 0 aliphatic carbocycles. The summed E-state index contributed by atoms with van der Waals surface area (Å²) in [6, 6.07) is 9.67. The van der Waals surface area contributed by atoms with Gasteiger partial charge >= 0.3 is 0 Å². The fraction of sp³-hybridized carbons (Fsp3) is 0.300. The lowest BCUT2D eigenvalue weighted by atomic mass is 9.97. The minimum absolute atomic E-state index is 0.0919. The number of piperidine rings is 1. The number of carboxylic acids is 1. The average Bonchev–Trinajstić information content (AvgIpc) is 3.17. The van der Waals surface area contributed by atoms with Crippen LogP contribution < -0.4 is 10.7 Å². The first-order valence-corrected chi connectivity index (χ1v) is 11.1. The van der Waals surface area contributed by atoms with E-state index < -0.39 is 11.9 Å². The third kappa shape index (κ3) is 4.20. The van der Waals surface area contributed by atoms with Crippen molar-refractivity contribution in [3.8, 4) is 11.1 Å². The molecular formula is C20H18N3O4S2-. The predicted octanol–water partition coefficient (Wildman–Crippen LogP) is 1.73. The van der Waals surface area contributed by atoms with Crippen molar-refractivity contribution in [2.45, 2.75) is 18.0 Å². The fourth-order valence-electron chi connectivity index (χ4n) is 3.41. The van der Waals surface area contributed by atoms with Gasteiger partial charge in [-0.1, -0.05) is 42.1 Å². The Hall–Kier alpha value is -2.65. The van der Waals surface area contributed by atoms with Crippen molar-refractivity contribution < 1.29 is 14.7 Å². The second-order valence-corrected chi connectivity index (χ2v) is 8.65. The number of H-pyrrole nitrogens is 1. The van der Waals surface area contributed by atoms with Gasteiger partial charge < -0.3 is 19.8 Å². The fourth-order valence-corrected chi connectivity index (χ4v) is 5.18. The van der Waals surface area contributed by atoms with Gasteiger partial charge in [-0.25, -0.2) is 4.98 Å². The molecule has 1 aromatic carbocycles. The van der Waals surface area contributed by atoms with Gasteiger partial charge in [0.15, 0.2) is 5.16 Å². The summed E-state index contributed by atoms with van der Waals surface area (Å²) in [4.78, 5) is 45.5. The van der Waals surface area contributed by atoms with Crippen LogP contribution in [0.2, 0.25) is 0 Å². The minimum atomic E-state index is -1.05. The topological polar surface area (TPSA) is 106 Å². The second kappa shape index (κ2) is 8.38. The molecule has 1 aliphatic heterocycles. The SMILES string of the molecule is O=C([O-])C1CCN(C(=O)CSc2nc3scc(-c4ccccc4)c3c(=O)[nH]2)CC1. The summed E-state index contributed by atoms with van der Waals surface area (Å²) in [6.45, 7) is 0.818. The lowest BCUT2D eigenvalue weighted by molar-refractivity contribution is -0.312. The number of aliphatic carboxylic acids is 1. The predicted molar refractivity (Wildman–Crippen MR) is 111 cm³/mol. The summed E-state index contributed by atoms with van der Waals surface area (Å²) in [7, 11) is 0. The van der Waals surface area contributed by atoms with E-state index in [1.54, 1.807) is 4.90 Å². The van der Waals surface area contributed by atoms with Crippen LogP contribution in [0.15, 0.2) is 45.7 Å². The molecule has 4 rings (SSSR count). The largest absolute Gasteiger partial charge is 0.550 e. The van der Waals surface area contributed by atoms with Crippen LogP contribution in [0.5, 0.6) is 0 Å². The number of thioether (sulfide) groups is 1. The van der Waals surface area contributed by atoms with Gasteiger partial charge in [0.25, 0.3) is 5.56 Å².